The number of aryl methyl sites for hydroxylation is 1. The number of fused-ring (bicyclic) bond motifs is 1. The van der Waals surface area contributed by atoms with Gasteiger partial charge < -0.3 is 15.6 Å². The largest absolute Gasteiger partial charge is 0.338 e. The highest BCUT2D eigenvalue weighted by Crippen LogP contribution is 2.31. The molecule has 2 aromatic heterocycles. The molecule has 32 heavy (non-hydrogen) atoms. The van der Waals surface area contributed by atoms with Crippen molar-refractivity contribution in [2.24, 2.45) is 0 Å². The van der Waals surface area contributed by atoms with E-state index in [1.54, 1.807) is 12.4 Å². The number of hydrogen-bond donors (Lipinski definition) is 3. The Bertz CT molecular complexity index is 1060. The molecule has 0 saturated heterocycles. The normalized spacial score (nSPS) is 11.5. The van der Waals surface area contributed by atoms with Gasteiger partial charge in [-0.2, -0.15) is 0 Å². The Balaban J connectivity index is 1.67. The van der Waals surface area contributed by atoms with Gasteiger partial charge in [-0.15, -0.1) is 0 Å². The minimum absolute atomic E-state index is 0.111. The van der Waals surface area contributed by atoms with Crippen molar-refractivity contribution >= 4 is 17.2 Å². The third kappa shape index (κ3) is 5.96. The Kier molecular flexibility index (Phi) is 7.67. The van der Waals surface area contributed by atoms with Gasteiger partial charge in [0, 0.05) is 31.0 Å². The molecule has 3 aromatic rings. The van der Waals surface area contributed by atoms with Gasteiger partial charge in [0.15, 0.2) is 5.65 Å². The van der Waals surface area contributed by atoms with Crippen LogP contribution >= 0.6 is 0 Å². The van der Waals surface area contributed by atoms with E-state index in [9.17, 15) is 4.79 Å². The van der Waals surface area contributed by atoms with Crippen LogP contribution in [0.15, 0.2) is 48.8 Å². The predicted molar refractivity (Wildman–Crippen MR) is 132 cm³/mol. The van der Waals surface area contributed by atoms with Crippen molar-refractivity contribution in [3.05, 3.63) is 59.9 Å². The van der Waals surface area contributed by atoms with Crippen LogP contribution in [0.4, 0.5) is 4.79 Å². The van der Waals surface area contributed by atoms with E-state index in [2.05, 4.69) is 84.1 Å². The van der Waals surface area contributed by atoms with E-state index in [1.165, 1.54) is 5.56 Å². The van der Waals surface area contributed by atoms with Crippen molar-refractivity contribution in [3.63, 3.8) is 0 Å². The molecule has 6 nitrogen and oxygen atoms in total. The first-order valence-electron chi connectivity index (χ1n) is 11.4. The van der Waals surface area contributed by atoms with Crippen LogP contribution in [0.2, 0.25) is 0 Å². The maximum absolute atomic E-state index is 12.0. The fourth-order valence-corrected chi connectivity index (χ4v) is 3.77. The first-order valence-corrected chi connectivity index (χ1v) is 11.4. The number of nitrogens with zero attached hydrogens (tertiary/aromatic N) is 2. The number of urea groups is 1. The Morgan fingerprint density at radius 1 is 1.09 bits per heavy atom. The fraction of sp³-hybridized carbons (Fsp3) is 0.423. The minimum Gasteiger partial charge on any atom is -0.338 e. The van der Waals surface area contributed by atoms with Crippen molar-refractivity contribution < 1.29 is 4.79 Å². The van der Waals surface area contributed by atoms with Gasteiger partial charge in [-0.3, -0.25) is 4.98 Å². The van der Waals surface area contributed by atoms with Crippen molar-refractivity contribution in [2.45, 2.75) is 58.8 Å². The Morgan fingerprint density at radius 2 is 1.81 bits per heavy atom. The molecule has 0 aliphatic heterocycles. The number of hydrogen-bond acceptors (Lipinski definition) is 3. The van der Waals surface area contributed by atoms with Crippen molar-refractivity contribution in [3.8, 4) is 11.3 Å². The van der Waals surface area contributed by atoms with Crippen LogP contribution in [0.5, 0.6) is 0 Å². The Labute approximate surface area is 190 Å². The summed E-state index contributed by atoms with van der Waals surface area (Å²) >= 11 is 0. The topological polar surface area (TPSA) is 82.7 Å². The highest BCUT2D eigenvalue weighted by atomic mass is 16.2. The lowest BCUT2D eigenvalue weighted by molar-refractivity contribution is 0.241. The summed E-state index contributed by atoms with van der Waals surface area (Å²) in [5, 5.41) is 5.80. The summed E-state index contributed by atoms with van der Waals surface area (Å²) < 4.78 is 0. The predicted octanol–water partition coefficient (Wildman–Crippen LogP) is 5.51. The monoisotopic (exact) mass is 433 g/mol. The lowest BCUT2D eigenvalue weighted by Crippen LogP contribution is -2.37. The number of rotatable bonds is 9. The van der Waals surface area contributed by atoms with Crippen LogP contribution < -0.4 is 10.6 Å². The number of carbonyl (C=O) groups excluding carboxylic acids is 1. The van der Waals surface area contributed by atoms with Gasteiger partial charge in [0.05, 0.1) is 5.69 Å². The highest BCUT2D eigenvalue weighted by Gasteiger charge is 2.17. The summed E-state index contributed by atoms with van der Waals surface area (Å²) in [7, 11) is 0. The highest BCUT2D eigenvalue weighted by molar-refractivity contribution is 5.85. The van der Waals surface area contributed by atoms with E-state index in [1.807, 2.05) is 0 Å². The third-order valence-corrected chi connectivity index (χ3v) is 5.56. The van der Waals surface area contributed by atoms with Gasteiger partial charge in [0.1, 0.15) is 5.52 Å². The number of aromatic amines is 1. The molecule has 3 N–H and O–H groups in total. The second-order valence-electron chi connectivity index (χ2n) is 9.27. The molecular weight excluding hydrogens is 398 g/mol. The molecule has 0 unspecified atom stereocenters. The van der Waals surface area contributed by atoms with Crippen LogP contribution in [0.25, 0.3) is 22.4 Å². The molecule has 0 saturated carbocycles. The summed E-state index contributed by atoms with van der Waals surface area (Å²) in [6.45, 7) is 13.8. The van der Waals surface area contributed by atoms with Crippen LogP contribution in [-0.2, 0) is 11.8 Å². The average Bonchev–Trinajstić information content (AvgIpc) is 3.13. The van der Waals surface area contributed by atoms with Crippen LogP contribution in [-0.4, -0.2) is 34.1 Å². The molecule has 0 fully saturated rings. The van der Waals surface area contributed by atoms with Crippen molar-refractivity contribution in [2.75, 3.05) is 13.1 Å². The van der Waals surface area contributed by atoms with E-state index in [0.29, 0.717) is 13.1 Å². The lowest BCUT2D eigenvalue weighted by Gasteiger charge is -2.19. The zero-order valence-corrected chi connectivity index (χ0v) is 19.7. The fourth-order valence-electron chi connectivity index (χ4n) is 3.77. The summed E-state index contributed by atoms with van der Waals surface area (Å²) in [5.74, 6) is 0. The van der Waals surface area contributed by atoms with Gasteiger partial charge in [-0.1, -0.05) is 70.5 Å². The molecule has 3 rings (SSSR count). The van der Waals surface area contributed by atoms with Crippen LogP contribution in [0.1, 0.15) is 58.1 Å². The standard InChI is InChI=1S/C26H35N5O/c1-6-8-18(2)17-30-25(32)29-14-7-9-21-22(31-24-23(21)27-15-16-28-24)19-10-12-20(13-11-19)26(3,4)5/h10-13,15-16H,2,6-9,14,17H2,1,3-5H3,(H,28,31)(H2,29,30,32). The molecular formula is C26H35N5O. The summed E-state index contributed by atoms with van der Waals surface area (Å²) in [6.07, 6.45) is 6.99. The molecule has 6 heteroatoms. The molecule has 2 amide bonds. The van der Waals surface area contributed by atoms with Gasteiger partial charge in [0.25, 0.3) is 0 Å². The van der Waals surface area contributed by atoms with Crippen LogP contribution in [0, 0.1) is 0 Å². The summed E-state index contributed by atoms with van der Waals surface area (Å²) in [4.78, 5) is 24.5. The molecule has 0 aliphatic rings. The van der Waals surface area contributed by atoms with Gasteiger partial charge in [-0.25, -0.2) is 9.78 Å². The van der Waals surface area contributed by atoms with Gasteiger partial charge in [-0.05, 0) is 35.8 Å². The van der Waals surface area contributed by atoms with E-state index >= 15 is 0 Å². The zero-order chi connectivity index (χ0) is 23.1. The maximum Gasteiger partial charge on any atom is 0.315 e. The number of carbonyl (C=O) groups is 1. The number of benzene rings is 1. The molecule has 0 atom stereocenters. The summed E-state index contributed by atoms with van der Waals surface area (Å²) in [5.41, 5.74) is 7.43. The van der Waals surface area contributed by atoms with Gasteiger partial charge >= 0.3 is 6.03 Å². The SMILES string of the molecule is C=C(CCC)CNC(=O)NCCCc1c(-c2ccc(C(C)(C)C)cc2)[nH]c2nccnc12. The number of nitrogens with one attached hydrogen (secondary N) is 3. The maximum atomic E-state index is 12.0. The molecule has 2 heterocycles. The zero-order valence-electron chi connectivity index (χ0n) is 19.7. The molecule has 170 valence electrons. The first kappa shape index (κ1) is 23.5. The number of amides is 2. The summed E-state index contributed by atoms with van der Waals surface area (Å²) in [6, 6.07) is 8.53. The molecule has 0 spiro atoms. The van der Waals surface area contributed by atoms with E-state index in [4.69, 9.17) is 0 Å². The lowest BCUT2D eigenvalue weighted by atomic mass is 9.86. The Morgan fingerprint density at radius 3 is 2.50 bits per heavy atom. The number of aromatic nitrogens is 3. The second-order valence-corrected chi connectivity index (χ2v) is 9.27. The molecule has 1 aromatic carbocycles. The second kappa shape index (κ2) is 10.4. The quantitative estimate of drug-likeness (QED) is 0.307. The first-order chi connectivity index (χ1) is 15.3. The van der Waals surface area contributed by atoms with Gasteiger partial charge in [0.2, 0.25) is 0 Å². The third-order valence-electron chi connectivity index (χ3n) is 5.56. The van der Waals surface area contributed by atoms with Crippen molar-refractivity contribution in [1.29, 1.82) is 0 Å². The average molecular weight is 434 g/mol. The smallest absolute Gasteiger partial charge is 0.315 e. The number of H-pyrrole nitrogens is 1. The van der Waals surface area contributed by atoms with Crippen molar-refractivity contribution in [1.82, 2.24) is 25.6 Å². The van der Waals surface area contributed by atoms with E-state index < -0.39 is 0 Å². The van der Waals surface area contributed by atoms with E-state index in [-0.39, 0.29) is 11.4 Å². The molecule has 0 radical (unpaired) electrons. The van der Waals surface area contributed by atoms with Crippen LogP contribution in [0.3, 0.4) is 0 Å². The Hall–Kier alpha value is -3.15. The minimum atomic E-state index is -0.154. The molecule has 0 aliphatic carbocycles. The molecule has 0 bridgehead atoms. The van der Waals surface area contributed by atoms with E-state index in [0.717, 1.165) is 59.2 Å².